The number of hydrogen-bond acceptors (Lipinski definition) is 3. The van der Waals surface area contributed by atoms with Crippen LogP contribution in [0.25, 0.3) is 0 Å². The number of Topliss-reactive ketones (excluding diaryl/α,β-unsaturated/α-hetero) is 1. The fourth-order valence-corrected chi connectivity index (χ4v) is 3.03. The number of hydrogen-bond donors (Lipinski definition) is 0. The number of nitrogens with zero attached hydrogens (tertiary/aromatic N) is 1. The van der Waals surface area contributed by atoms with E-state index in [1.165, 1.54) is 0 Å². The fraction of sp³-hybridized carbons (Fsp3) is 0.929. The zero-order valence-electron chi connectivity index (χ0n) is 11.5. The summed E-state index contributed by atoms with van der Waals surface area (Å²) in [5.74, 6) is 0.729. The molecule has 2 atom stereocenters. The summed E-state index contributed by atoms with van der Waals surface area (Å²) >= 11 is 0. The Morgan fingerprint density at radius 1 is 1.24 bits per heavy atom. The summed E-state index contributed by atoms with van der Waals surface area (Å²) in [6.07, 6.45) is 2.69. The fourth-order valence-electron chi connectivity index (χ4n) is 3.03. The maximum absolute atomic E-state index is 12.3. The van der Waals surface area contributed by atoms with E-state index < -0.39 is 0 Å². The Labute approximate surface area is 105 Å². The summed E-state index contributed by atoms with van der Waals surface area (Å²) in [6.45, 7) is 8.02. The third-order valence-electron chi connectivity index (χ3n) is 4.05. The summed E-state index contributed by atoms with van der Waals surface area (Å²) < 4.78 is 5.58. The van der Waals surface area contributed by atoms with Crippen LogP contribution < -0.4 is 0 Å². The quantitative estimate of drug-likeness (QED) is 0.739. The van der Waals surface area contributed by atoms with Crippen LogP contribution in [0.4, 0.5) is 0 Å². The molecule has 0 aromatic rings. The van der Waals surface area contributed by atoms with Crippen molar-refractivity contribution in [2.24, 2.45) is 11.3 Å². The van der Waals surface area contributed by atoms with E-state index in [0.29, 0.717) is 24.3 Å². The monoisotopic (exact) mass is 239 g/mol. The molecule has 2 rings (SSSR count). The minimum atomic E-state index is 0.117. The Morgan fingerprint density at radius 3 is 2.24 bits per heavy atom. The summed E-state index contributed by atoms with van der Waals surface area (Å²) in [5.41, 5.74) is 0.117. The van der Waals surface area contributed by atoms with Crippen LogP contribution in [0, 0.1) is 11.3 Å². The minimum Gasteiger partial charge on any atom is -0.378 e. The second-order valence-corrected chi connectivity index (χ2v) is 6.88. The molecule has 2 aliphatic heterocycles. The zero-order chi connectivity index (χ0) is 12.6. The molecular weight excluding hydrogens is 214 g/mol. The number of fused-ring (bicyclic) bond motifs is 2. The van der Waals surface area contributed by atoms with Crippen molar-refractivity contribution in [1.29, 1.82) is 0 Å². The van der Waals surface area contributed by atoms with Gasteiger partial charge >= 0.3 is 0 Å². The van der Waals surface area contributed by atoms with Crippen molar-refractivity contribution in [3.05, 3.63) is 0 Å². The SMILES string of the molecule is CN1C2COCC1CC(C(=O)CC(C)(C)C)C2. The van der Waals surface area contributed by atoms with Gasteiger partial charge in [-0.2, -0.15) is 0 Å². The van der Waals surface area contributed by atoms with Gasteiger partial charge in [0, 0.05) is 24.4 Å². The highest BCUT2D eigenvalue weighted by Crippen LogP contribution is 2.33. The standard InChI is InChI=1S/C14H25NO2/c1-14(2,3)7-13(16)10-5-11-8-17-9-12(6-10)15(11)4/h10-12H,5-9H2,1-4H3. The predicted molar refractivity (Wildman–Crippen MR) is 68.0 cm³/mol. The van der Waals surface area contributed by atoms with Gasteiger partial charge in [-0.1, -0.05) is 20.8 Å². The lowest BCUT2D eigenvalue weighted by atomic mass is 9.78. The molecule has 0 radical (unpaired) electrons. The highest BCUT2D eigenvalue weighted by molar-refractivity contribution is 5.81. The Morgan fingerprint density at radius 2 is 1.76 bits per heavy atom. The molecule has 0 amide bonds. The summed E-state index contributed by atoms with van der Waals surface area (Å²) in [5, 5.41) is 0. The Balaban J connectivity index is 1.97. The van der Waals surface area contributed by atoms with Crippen molar-refractivity contribution < 1.29 is 9.53 Å². The van der Waals surface area contributed by atoms with Gasteiger partial charge < -0.3 is 4.74 Å². The third-order valence-corrected chi connectivity index (χ3v) is 4.05. The van der Waals surface area contributed by atoms with E-state index in [2.05, 4.69) is 32.7 Å². The van der Waals surface area contributed by atoms with Crippen molar-refractivity contribution in [3.63, 3.8) is 0 Å². The molecular formula is C14H25NO2. The maximum atomic E-state index is 12.3. The number of ketones is 1. The third kappa shape index (κ3) is 3.08. The number of likely N-dealkylation sites (N-methyl/N-ethyl adjacent to an activating group) is 1. The van der Waals surface area contributed by atoms with Gasteiger partial charge in [-0.3, -0.25) is 9.69 Å². The van der Waals surface area contributed by atoms with Crippen LogP contribution in [0.1, 0.15) is 40.0 Å². The van der Waals surface area contributed by atoms with E-state index in [0.717, 1.165) is 26.1 Å². The van der Waals surface area contributed by atoms with Gasteiger partial charge in [-0.05, 0) is 25.3 Å². The number of ether oxygens (including phenoxy) is 1. The molecule has 3 nitrogen and oxygen atoms in total. The lowest BCUT2D eigenvalue weighted by Gasteiger charge is -2.46. The zero-order valence-corrected chi connectivity index (χ0v) is 11.5. The van der Waals surface area contributed by atoms with Crippen LogP contribution in [0.15, 0.2) is 0 Å². The lowest BCUT2D eigenvalue weighted by Crippen LogP contribution is -2.56. The van der Waals surface area contributed by atoms with E-state index in [1.54, 1.807) is 0 Å². The summed E-state index contributed by atoms with van der Waals surface area (Å²) in [6, 6.07) is 0.910. The van der Waals surface area contributed by atoms with E-state index in [4.69, 9.17) is 4.74 Å². The summed E-state index contributed by atoms with van der Waals surface area (Å²) in [7, 11) is 2.17. The topological polar surface area (TPSA) is 29.5 Å². The van der Waals surface area contributed by atoms with E-state index in [1.807, 2.05) is 0 Å². The first-order valence-electron chi connectivity index (χ1n) is 6.69. The molecule has 0 N–H and O–H groups in total. The van der Waals surface area contributed by atoms with E-state index in [-0.39, 0.29) is 11.3 Å². The van der Waals surface area contributed by atoms with Crippen molar-refractivity contribution >= 4 is 5.78 Å². The molecule has 0 aromatic heterocycles. The van der Waals surface area contributed by atoms with Crippen LogP contribution >= 0.6 is 0 Å². The molecule has 0 aliphatic carbocycles. The lowest BCUT2D eigenvalue weighted by molar-refractivity contribution is -0.132. The molecule has 2 saturated heterocycles. The smallest absolute Gasteiger partial charge is 0.136 e. The molecule has 0 spiro atoms. The molecule has 98 valence electrons. The molecule has 2 aliphatic rings. The van der Waals surface area contributed by atoms with Gasteiger partial charge in [0.25, 0.3) is 0 Å². The maximum Gasteiger partial charge on any atom is 0.136 e. The van der Waals surface area contributed by atoms with E-state index >= 15 is 0 Å². The first-order chi connectivity index (χ1) is 7.87. The van der Waals surface area contributed by atoms with Crippen molar-refractivity contribution in [1.82, 2.24) is 4.90 Å². The number of piperidine rings is 1. The Bertz CT molecular complexity index is 281. The molecule has 2 heterocycles. The Kier molecular flexibility index (Phi) is 3.60. The average molecular weight is 239 g/mol. The highest BCUT2D eigenvalue weighted by atomic mass is 16.5. The van der Waals surface area contributed by atoms with Crippen LogP contribution in [-0.2, 0) is 9.53 Å². The van der Waals surface area contributed by atoms with Crippen LogP contribution in [-0.4, -0.2) is 43.0 Å². The Hall–Kier alpha value is -0.410. The number of carbonyl (C=O) groups is 1. The van der Waals surface area contributed by atoms with Gasteiger partial charge in [-0.15, -0.1) is 0 Å². The minimum absolute atomic E-state index is 0.117. The molecule has 0 aromatic carbocycles. The second-order valence-electron chi connectivity index (χ2n) is 6.88. The van der Waals surface area contributed by atoms with Crippen molar-refractivity contribution in [2.45, 2.75) is 52.1 Å². The average Bonchev–Trinajstić information content (AvgIpc) is 2.13. The van der Waals surface area contributed by atoms with Crippen molar-refractivity contribution in [3.8, 4) is 0 Å². The molecule has 2 unspecified atom stereocenters. The molecule has 17 heavy (non-hydrogen) atoms. The summed E-state index contributed by atoms with van der Waals surface area (Å²) in [4.78, 5) is 14.7. The van der Waals surface area contributed by atoms with Gasteiger partial charge in [0.2, 0.25) is 0 Å². The molecule has 3 heteroatoms. The van der Waals surface area contributed by atoms with E-state index in [9.17, 15) is 4.79 Å². The van der Waals surface area contributed by atoms with Crippen LogP contribution in [0.5, 0.6) is 0 Å². The molecule has 2 bridgehead atoms. The van der Waals surface area contributed by atoms with Gasteiger partial charge in [0.05, 0.1) is 13.2 Å². The predicted octanol–water partition coefficient (Wildman–Crippen LogP) is 2.10. The van der Waals surface area contributed by atoms with Crippen LogP contribution in [0.3, 0.4) is 0 Å². The van der Waals surface area contributed by atoms with Gasteiger partial charge in [0.15, 0.2) is 0 Å². The first-order valence-corrected chi connectivity index (χ1v) is 6.69. The van der Waals surface area contributed by atoms with Crippen molar-refractivity contribution in [2.75, 3.05) is 20.3 Å². The largest absolute Gasteiger partial charge is 0.378 e. The number of rotatable bonds is 2. The normalized spacial score (nSPS) is 34.7. The molecule has 2 fully saturated rings. The number of morpholine rings is 1. The van der Waals surface area contributed by atoms with Gasteiger partial charge in [-0.25, -0.2) is 0 Å². The second kappa shape index (κ2) is 4.69. The molecule has 0 saturated carbocycles. The van der Waals surface area contributed by atoms with Gasteiger partial charge in [0.1, 0.15) is 5.78 Å². The first kappa shape index (κ1) is 13.0. The highest BCUT2D eigenvalue weighted by Gasteiger charge is 2.39. The van der Waals surface area contributed by atoms with Crippen LogP contribution in [0.2, 0.25) is 0 Å². The number of carbonyl (C=O) groups excluding carboxylic acids is 1.